The lowest BCUT2D eigenvalue weighted by molar-refractivity contribution is -0.503. The molecule has 0 amide bonds. The summed E-state index contributed by atoms with van der Waals surface area (Å²) in [5.41, 5.74) is 1.41. The van der Waals surface area contributed by atoms with Crippen molar-refractivity contribution in [3.8, 4) is 5.75 Å². The zero-order valence-corrected chi connectivity index (χ0v) is 10.6. The van der Waals surface area contributed by atoms with Crippen LogP contribution in [-0.2, 0) is 0 Å². The van der Waals surface area contributed by atoms with Crippen molar-refractivity contribution in [2.75, 3.05) is 7.11 Å². The van der Waals surface area contributed by atoms with Crippen LogP contribution in [0.25, 0.3) is 12.2 Å². The molecule has 0 N–H and O–H groups in total. The largest absolute Gasteiger partial charge is 0.773 e. The maximum Gasteiger partial charge on any atom is 0.356 e. The van der Waals surface area contributed by atoms with Crippen LogP contribution in [0.2, 0.25) is 0 Å². The monoisotopic (exact) mass is 259 g/mol. The number of aromatic nitrogens is 3. The van der Waals surface area contributed by atoms with Crippen LogP contribution in [0.1, 0.15) is 17.0 Å². The highest BCUT2D eigenvalue weighted by atomic mass is 16.5. The van der Waals surface area contributed by atoms with Gasteiger partial charge in [-0.2, -0.15) is 4.85 Å². The van der Waals surface area contributed by atoms with E-state index < -0.39 is 0 Å². The lowest BCUT2D eigenvalue weighted by Crippen LogP contribution is -2.24. The highest BCUT2D eigenvalue weighted by molar-refractivity contribution is 5.67. The van der Waals surface area contributed by atoms with E-state index in [1.165, 1.54) is 0 Å². The zero-order chi connectivity index (χ0) is 13.8. The van der Waals surface area contributed by atoms with Gasteiger partial charge in [-0.1, -0.05) is 23.1 Å². The average Bonchev–Trinajstić information content (AvgIpc) is 2.44. The van der Waals surface area contributed by atoms with Crippen molar-refractivity contribution in [1.29, 1.82) is 0 Å². The standard InChI is InChI=1S/C13H13N3O3/c1-10-13(15(17)9-14-16(10)18)8-5-11-3-6-12(19-2)7-4-11/h3-9H,1-2H3/b8-5+. The summed E-state index contributed by atoms with van der Waals surface area (Å²) in [5.74, 6) is 0.758. The van der Waals surface area contributed by atoms with E-state index in [9.17, 15) is 10.1 Å². The Morgan fingerprint density at radius 2 is 2.00 bits per heavy atom. The number of ether oxygens (including phenoxy) is 1. The van der Waals surface area contributed by atoms with Crippen LogP contribution >= 0.6 is 0 Å². The number of nitrogens with zero attached hydrogens (tertiary/aromatic N) is 3. The molecule has 0 aliphatic heterocycles. The van der Waals surface area contributed by atoms with Gasteiger partial charge in [0.1, 0.15) is 11.4 Å². The molecular formula is C13H13N3O3. The molecule has 1 aromatic carbocycles. The third-order valence-electron chi connectivity index (χ3n) is 2.71. The van der Waals surface area contributed by atoms with Gasteiger partial charge in [0.05, 0.1) is 7.11 Å². The molecule has 0 aliphatic rings. The molecule has 6 nitrogen and oxygen atoms in total. The molecule has 6 heteroatoms. The summed E-state index contributed by atoms with van der Waals surface area (Å²) in [6.07, 6.45) is 4.27. The van der Waals surface area contributed by atoms with Crippen LogP contribution in [0.15, 0.2) is 30.6 Å². The van der Waals surface area contributed by atoms with Gasteiger partial charge in [0.2, 0.25) is 0 Å². The van der Waals surface area contributed by atoms with Gasteiger partial charge in [-0.3, -0.25) is 0 Å². The lowest BCUT2D eigenvalue weighted by Gasteiger charge is -2.05. The fourth-order valence-electron chi connectivity index (χ4n) is 1.58. The molecule has 0 fully saturated rings. The van der Waals surface area contributed by atoms with E-state index in [1.807, 2.05) is 24.3 Å². The first-order chi connectivity index (χ1) is 9.11. The van der Waals surface area contributed by atoms with Crippen molar-refractivity contribution < 1.29 is 9.16 Å². The quantitative estimate of drug-likeness (QED) is 0.785. The second kappa shape index (κ2) is 5.34. The Bertz CT molecular complexity index is 660. The van der Waals surface area contributed by atoms with Crippen LogP contribution in [0.5, 0.6) is 5.75 Å². The molecule has 0 radical (unpaired) electrons. The van der Waals surface area contributed by atoms with Crippen LogP contribution < -0.4 is 9.16 Å². The van der Waals surface area contributed by atoms with Crippen molar-refractivity contribution in [2.45, 2.75) is 6.92 Å². The normalized spacial score (nSPS) is 10.8. The fourth-order valence-corrected chi connectivity index (χ4v) is 1.58. The summed E-state index contributed by atoms with van der Waals surface area (Å²) in [5, 5.41) is 14.7. The van der Waals surface area contributed by atoms with Crippen LogP contribution in [0, 0.1) is 17.0 Å². The Kier molecular flexibility index (Phi) is 3.61. The van der Waals surface area contributed by atoms with Gasteiger partial charge in [-0.15, -0.1) is 0 Å². The molecule has 1 aromatic heterocycles. The number of methoxy groups -OCH3 is 1. The summed E-state index contributed by atoms with van der Waals surface area (Å²) in [6.45, 7) is 1.54. The maximum atomic E-state index is 11.5. The maximum absolute atomic E-state index is 11.5. The van der Waals surface area contributed by atoms with E-state index in [-0.39, 0.29) is 11.4 Å². The Balaban J connectivity index is 2.32. The van der Waals surface area contributed by atoms with Crippen molar-refractivity contribution in [2.24, 2.45) is 0 Å². The minimum atomic E-state index is 0.252. The summed E-state index contributed by atoms with van der Waals surface area (Å²) in [7, 11) is 1.60. The van der Waals surface area contributed by atoms with Crippen LogP contribution in [0.3, 0.4) is 0 Å². The lowest BCUT2D eigenvalue weighted by atomic mass is 10.2. The molecule has 0 bridgehead atoms. The predicted molar refractivity (Wildman–Crippen MR) is 71.0 cm³/mol. The molecular weight excluding hydrogens is 246 g/mol. The molecule has 0 saturated heterocycles. The Morgan fingerprint density at radius 1 is 1.32 bits per heavy atom. The molecule has 2 aromatic rings. The number of benzene rings is 1. The third-order valence-corrected chi connectivity index (χ3v) is 2.71. The fraction of sp³-hybridized carbons (Fsp3) is 0.154. The first-order valence-corrected chi connectivity index (χ1v) is 5.62. The average molecular weight is 259 g/mol. The van der Waals surface area contributed by atoms with E-state index in [1.54, 1.807) is 26.2 Å². The van der Waals surface area contributed by atoms with Gasteiger partial charge in [0, 0.05) is 9.53 Å². The first-order valence-electron chi connectivity index (χ1n) is 5.62. The highest BCUT2D eigenvalue weighted by Gasteiger charge is 2.07. The summed E-state index contributed by atoms with van der Waals surface area (Å²) >= 11 is 0. The second-order valence-corrected chi connectivity index (χ2v) is 3.91. The van der Waals surface area contributed by atoms with Gasteiger partial charge in [0.25, 0.3) is 0 Å². The van der Waals surface area contributed by atoms with Gasteiger partial charge >= 0.3 is 6.33 Å². The van der Waals surface area contributed by atoms with Crippen molar-refractivity contribution in [3.05, 3.63) is 57.7 Å². The van der Waals surface area contributed by atoms with E-state index >= 15 is 0 Å². The van der Waals surface area contributed by atoms with Crippen LogP contribution in [-0.4, -0.2) is 17.1 Å². The number of hydrogen-bond acceptors (Lipinski definition) is 4. The van der Waals surface area contributed by atoms with Gasteiger partial charge < -0.3 is 9.94 Å². The van der Waals surface area contributed by atoms with Crippen molar-refractivity contribution in [3.63, 3.8) is 0 Å². The first kappa shape index (κ1) is 12.8. The topological polar surface area (TPSA) is 73.1 Å². The van der Waals surface area contributed by atoms with E-state index in [4.69, 9.17) is 4.74 Å². The molecule has 0 aliphatic carbocycles. The van der Waals surface area contributed by atoms with Crippen molar-refractivity contribution in [1.82, 2.24) is 9.94 Å². The molecule has 0 unspecified atom stereocenters. The Labute approximate surface area is 109 Å². The van der Waals surface area contributed by atoms with Gasteiger partial charge in [-0.05, 0) is 30.7 Å². The molecule has 98 valence electrons. The minimum Gasteiger partial charge on any atom is -0.773 e. The Hall–Kier alpha value is -2.63. The van der Waals surface area contributed by atoms with Gasteiger partial charge in [-0.25, -0.2) is 0 Å². The predicted octanol–water partition coefficient (Wildman–Crippen LogP) is 1.63. The Morgan fingerprint density at radius 3 is 2.63 bits per heavy atom. The molecule has 2 rings (SSSR count). The van der Waals surface area contributed by atoms with Crippen LogP contribution in [0.4, 0.5) is 0 Å². The summed E-state index contributed by atoms with van der Waals surface area (Å²) < 4.78 is 5.61. The highest BCUT2D eigenvalue weighted by Crippen LogP contribution is 2.13. The summed E-state index contributed by atoms with van der Waals surface area (Å²) in [6, 6.07) is 7.34. The molecule has 1 heterocycles. The second-order valence-electron chi connectivity index (χ2n) is 3.91. The van der Waals surface area contributed by atoms with Crippen molar-refractivity contribution >= 4 is 12.2 Å². The molecule has 0 saturated carbocycles. The van der Waals surface area contributed by atoms with Gasteiger partial charge in [0.15, 0.2) is 5.69 Å². The minimum absolute atomic E-state index is 0.252. The third kappa shape index (κ3) is 2.79. The van der Waals surface area contributed by atoms with E-state index in [0.29, 0.717) is 9.27 Å². The smallest absolute Gasteiger partial charge is 0.356 e. The molecule has 19 heavy (non-hydrogen) atoms. The number of rotatable bonds is 3. The van der Waals surface area contributed by atoms with E-state index in [0.717, 1.165) is 17.6 Å². The SMILES string of the molecule is COc1ccc(/C=C/c2c(C)n([O-])nc[n+]2=O)cc1. The van der Waals surface area contributed by atoms with E-state index in [2.05, 4.69) is 5.10 Å². The molecule has 0 atom stereocenters. The number of hydrogen-bond donors (Lipinski definition) is 0. The molecule has 0 spiro atoms. The summed E-state index contributed by atoms with van der Waals surface area (Å²) in [4.78, 5) is 12.0. The zero-order valence-electron chi connectivity index (χ0n) is 10.6.